The molecule has 212 valence electrons. The van der Waals surface area contributed by atoms with Crippen LogP contribution in [0.15, 0.2) is 176 Å². The van der Waals surface area contributed by atoms with E-state index in [-0.39, 0.29) is 0 Å². The number of benzene rings is 7. The molecule has 0 aliphatic heterocycles. The van der Waals surface area contributed by atoms with Crippen LogP contribution in [0.4, 0.5) is 17.1 Å². The molecule has 0 saturated heterocycles. The third-order valence-corrected chi connectivity index (χ3v) is 8.23. The van der Waals surface area contributed by atoms with Gasteiger partial charge >= 0.3 is 0 Å². The second-order valence-corrected chi connectivity index (χ2v) is 11.1. The Bertz CT molecular complexity index is 2190. The summed E-state index contributed by atoms with van der Waals surface area (Å²) in [5, 5.41) is 2.23. The van der Waals surface area contributed by atoms with Crippen molar-refractivity contribution in [2.75, 3.05) is 4.90 Å². The number of fused-ring (bicyclic) bond motifs is 3. The second kappa shape index (κ2) is 11.6. The average molecular weight is 576 g/mol. The fourth-order valence-corrected chi connectivity index (χ4v) is 6.02. The molecular weight excluding hydrogens is 546 g/mol. The Morgan fingerprint density at radius 1 is 0.356 bits per heavy atom. The Morgan fingerprint density at radius 2 is 0.822 bits per heavy atom. The van der Waals surface area contributed by atoms with E-state index >= 15 is 0 Å². The van der Waals surface area contributed by atoms with Gasteiger partial charge in [0.25, 0.3) is 0 Å². The Hall–Kier alpha value is -6.06. The topological polar surface area (TPSA) is 29.0 Å². The largest absolute Gasteiger partial charge is 0.311 e. The van der Waals surface area contributed by atoms with Gasteiger partial charge in [-0.2, -0.15) is 0 Å². The van der Waals surface area contributed by atoms with Gasteiger partial charge in [0.05, 0.1) is 22.4 Å². The van der Waals surface area contributed by atoms with E-state index in [1.165, 1.54) is 0 Å². The number of rotatable bonds is 6. The van der Waals surface area contributed by atoms with Gasteiger partial charge in [-0.3, -0.25) is 0 Å². The maximum absolute atomic E-state index is 5.32. The van der Waals surface area contributed by atoms with Gasteiger partial charge in [0.2, 0.25) is 0 Å². The van der Waals surface area contributed by atoms with E-state index in [1.807, 2.05) is 24.3 Å². The summed E-state index contributed by atoms with van der Waals surface area (Å²) in [4.78, 5) is 12.8. The molecule has 3 nitrogen and oxygen atoms in total. The van der Waals surface area contributed by atoms with Crippen LogP contribution in [0.2, 0.25) is 0 Å². The monoisotopic (exact) mass is 575 g/mol. The summed E-state index contributed by atoms with van der Waals surface area (Å²) in [6.45, 7) is 0. The first-order valence-corrected chi connectivity index (χ1v) is 15.2. The first-order valence-electron chi connectivity index (χ1n) is 15.2. The first kappa shape index (κ1) is 26.6. The minimum Gasteiger partial charge on any atom is -0.311 e. The van der Waals surface area contributed by atoms with Gasteiger partial charge in [-0.05, 0) is 65.0 Å². The molecule has 0 radical (unpaired) electrons. The number of aromatic nitrogens is 2. The summed E-state index contributed by atoms with van der Waals surface area (Å²) in [6.07, 6.45) is 0. The third-order valence-electron chi connectivity index (χ3n) is 8.23. The minimum absolute atomic E-state index is 0.884. The molecule has 1 aromatic heterocycles. The number of hydrogen-bond donors (Lipinski definition) is 0. The normalized spacial score (nSPS) is 11.1. The van der Waals surface area contributed by atoms with Crippen LogP contribution in [0.25, 0.3) is 55.4 Å². The Balaban J connectivity index is 1.24. The number of nitrogens with zero attached hydrogens (tertiary/aromatic N) is 3. The maximum atomic E-state index is 5.32. The van der Waals surface area contributed by atoms with Crippen molar-refractivity contribution in [3.8, 4) is 33.6 Å². The van der Waals surface area contributed by atoms with Crippen LogP contribution >= 0.6 is 0 Å². The lowest BCUT2D eigenvalue weighted by Crippen LogP contribution is -2.09. The van der Waals surface area contributed by atoms with Crippen LogP contribution in [-0.2, 0) is 0 Å². The van der Waals surface area contributed by atoms with Gasteiger partial charge in [-0.15, -0.1) is 0 Å². The SMILES string of the molecule is c1ccc(-c2nc3ccc4ccc(-c5ccc(N(c6ccccc6)c6ccccc6)cc5)cc4c3nc2-c2ccccc2)cc1. The quantitative estimate of drug-likeness (QED) is 0.185. The molecule has 1 heterocycles. The van der Waals surface area contributed by atoms with E-state index in [9.17, 15) is 0 Å². The number of hydrogen-bond acceptors (Lipinski definition) is 3. The molecule has 3 heteroatoms. The molecule has 0 amide bonds. The van der Waals surface area contributed by atoms with Crippen LogP contribution in [0.1, 0.15) is 0 Å². The van der Waals surface area contributed by atoms with E-state index in [0.29, 0.717) is 0 Å². The molecule has 0 atom stereocenters. The highest BCUT2D eigenvalue weighted by molar-refractivity contribution is 6.07. The van der Waals surface area contributed by atoms with Crippen molar-refractivity contribution in [1.82, 2.24) is 9.97 Å². The van der Waals surface area contributed by atoms with Crippen LogP contribution in [-0.4, -0.2) is 9.97 Å². The van der Waals surface area contributed by atoms with Crippen molar-refractivity contribution in [2.24, 2.45) is 0 Å². The molecule has 0 spiro atoms. The standard InChI is InChI=1S/C42H29N3/c1-5-13-32(14-6-1)40-41(33-15-7-2-8-16-33)44-42-38-29-34(22-21-31(38)25-28-39(42)43-40)30-23-26-37(27-24-30)45(35-17-9-3-10-18-35)36-19-11-4-12-20-36/h1-29H. The van der Waals surface area contributed by atoms with Gasteiger partial charge in [-0.25, -0.2) is 9.97 Å². The molecule has 8 rings (SSSR count). The van der Waals surface area contributed by atoms with Crippen LogP contribution < -0.4 is 4.90 Å². The molecule has 0 saturated carbocycles. The predicted molar refractivity (Wildman–Crippen MR) is 188 cm³/mol. The second-order valence-electron chi connectivity index (χ2n) is 11.1. The molecule has 0 bridgehead atoms. The fourth-order valence-electron chi connectivity index (χ4n) is 6.02. The lowest BCUT2D eigenvalue weighted by molar-refractivity contribution is 1.28. The summed E-state index contributed by atoms with van der Waals surface area (Å²) in [6, 6.07) is 61.3. The molecule has 45 heavy (non-hydrogen) atoms. The maximum Gasteiger partial charge on any atom is 0.0973 e. The van der Waals surface area contributed by atoms with E-state index in [1.54, 1.807) is 0 Å². The zero-order valence-electron chi connectivity index (χ0n) is 24.6. The third kappa shape index (κ3) is 5.11. The van der Waals surface area contributed by atoms with Crippen molar-refractivity contribution in [1.29, 1.82) is 0 Å². The molecule has 0 fully saturated rings. The molecule has 7 aromatic carbocycles. The number of para-hydroxylation sites is 2. The van der Waals surface area contributed by atoms with Gasteiger partial charge in [0.15, 0.2) is 0 Å². The summed E-state index contributed by atoms with van der Waals surface area (Å²) >= 11 is 0. The highest BCUT2D eigenvalue weighted by atomic mass is 15.1. The minimum atomic E-state index is 0.884. The van der Waals surface area contributed by atoms with Gasteiger partial charge in [0.1, 0.15) is 0 Å². The lowest BCUT2D eigenvalue weighted by Gasteiger charge is -2.25. The lowest BCUT2D eigenvalue weighted by atomic mass is 9.99. The summed E-state index contributed by atoms with van der Waals surface area (Å²) in [5.74, 6) is 0. The van der Waals surface area contributed by atoms with E-state index in [2.05, 4.69) is 157 Å². The predicted octanol–water partition coefficient (Wildman–Crippen LogP) is 11.3. The van der Waals surface area contributed by atoms with Crippen molar-refractivity contribution in [3.63, 3.8) is 0 Å². The molecule has 8 aromatic rings. The molecule has 0 aliphatic rings. The summed E-state index contributed by atoms with van der Waals surface area (Å²) in [7, 11) is 0. The highest BCUT2D eigenvalue weighted by Crippen LogP contribution is 2.37. The molecule has 0 unspecified atom stereocenters. The van der Waals surface area contributed by atoms with Crippen LogP contribution in [0.5, 0.6) is 0 Å². The van der Waals surface area contributed by atoms with Crippen LogP contribution in [0.3, 0.4) is 0 Å². The van der Waals surface area contributed by atoms with Gasteiger partial charge in [-0.1, -0.05) is 127 Å². The Kier molecular flexibility index (Phi) is 6.82. The van der Waals surface area contributed by atoms with Crippen molar-refractivity contribution in [3.05, 3.63) is 176 Å². The fraction of sp³-hybridized carbons (Fsp3) is 0. The molecule has 0 aliphatic carbocycles. The van der Waals surface area contributed by atoms with Crippen molar-refractivity contribution >= 4 is 38.9 Å². The Morgan fingerprint density at radius 3 is 1.40 bits per heavy atom. The van der Waals surface area contributed by atoms with Gasteiger partial charge < -0.3 is 4.90 Å². The smallest absolute Gasteiger partial charge is 0.0973 e. The Labute approximate surface area is 262 Å². The van der Waals surface area contributed by atoms with Crippen molar-refractivity contribution in [2.45, 2.75) is 0 Å². The zero-order chi connectivity index (χ0) is 30.0. The van der Waals surface area contributed by atoms with E-state index < -0.39 is 0 Å². The zero-order valence-corrected chi connectivity index (χ0v) is 24.6. The molecular formula is C42H29N3. The van der Waals surface area contributed by atoms with Crippen molar-refractivity contribution < 1.29 is 0 Å². The van der Waals surface area contributed by atoms with Crippen LogP contribution in [0, 0.1) is 0 Å². The first-order chi connectivity index (χ1) is 22.3. The van der Waals surface area contributed by atoms with E-state index in [0.717, 1.165) is 72.5 Å². The van der Waals surface area contributed by atoms with Gasteiger partial charge in [0, 0.05) is 33.6 Å². The summed E-state index contributed by atoms with van der Waals surface area (Å²) < 4.78 is 0. The summed E-state index contributed by atoms with van der Waals surface area (Å²) in [5.41, 5.74) is 11.3. The van der Waals surface area contributed by atoms with E-state index in [4.69, 9.17) is 9.97 Å². The highest BCUT2D eigenvalue weighted by Gasteiger charge is 2.16. The molecule has 0 N–H and O–H groups in total. The average Bonchev–Trinajstić information content (AvgIpc) is 3.13. The number of anilines is 3.